The Morgan fingerprint density at radius 3 is 2.50 bits per heavy atom. The highest BCUT2D eigenvalue weighted by Gasteiger charge is 2.27. The van der Waals surface area contributed by atoms with E-state index in [1.807, 2.05) is 44.3 Å². The molecule has 1 aliphatic heterocycles. The second-order valence-corrected chi connectivity index (χ2v) is 9.30. The Morgan fingerprint density at radius 2 is 1.76 bits per heavy atom. The van der Waals surface area contributed by atoms with E-state index in [-0.39, 0.29) is 22.9 Å². The zero-order valence-corrected chi connectivity index (χ0v) is 20.7. The highest BCUT2D eigenvalue weighted by molar-refractivity contribution is 6.35. The maximum atomic E-state index is 13.6. The summed E-state index contributed by atoms with van der Waals surface area (Å²) in [6.07, 6.45) is 2.84. The molecule has 0 aliphatic carbocycles. The molecule has 0 radical (unpaired) electrons. The molecular weight excluding hydrogens is 469 g/mol. The summed E-state index contributed by atoms with van der Waals surface area (Å²) in [5.74, 6) is -0.400. The van der Waals surface area contributed by atoms with Gasteiger partial charge in [0.2, 0.25) is 0 Å². The SMILES string of the molecule is CNC1CCCCN(C(=O)c2ccc(NC(=O)c3ccccc3C)cc2Cl)c2ccc(Cl)cc21. The number of halogens is 2. The van der Waals surface area contributed by atoms with Crippen molar-refractivity contribution in [1.82, 2.24) is 5.32 Å². The van der Waals surface area contributed by atoms with Gasteiger partial charge in [0, 0.05) is 34.5 Å². The first-order chi connectivity index (χ1) is 16.4. The van der Waals surface area contributed by atoms with Gasteiger partial charge in [-0.25, -0.2) is 0 Å². The second kappa shape index (κ2) is 10.6. The molecule has 34 heavy (non-hydrogen) atoms. The van der Waals surface area contributed by atoms with Gasteiger partial charge in [-0.1, -0.05) is 41.4 Å². The minimum atomic E-state index is -0.221. The Morgan fingerprint density at radius 1 is 0.971 bits per heavy atom. The number of fused-ring (bicyclic) bond motifs is 1. The zero-order valence-electron chi connectivity index (χ0n) is 19.2. The molecule has 0 bridgehead atoms. The average Bonchev–Trinajstić information content (AvgIpc) is 2.80. The van der Waals surface area contributed by atoms with Crippen molar-refractivity contribution in [1.29, 1.82) is 0 Å². The Balaban J connectivity index is 1.62. The summed E-state index contributed by atoms with van der Waals surface area (Å²) in [5.41, 5.74) is 4.23. The molecule has 5 nitrogen and oxygen atoms in total. The molecular formula is C27H27Cl2N3O2. The standard InChI is InChI=1S/C27H27Cl2N3O2/c1-17-7-3-4-8-20(17)26(33)31-19-11-12-21(23(29)16-19)27(34)32-14-6-5-9-24(30-2)22-15-18(28)10-13-25(22)32/h3-4,7-8,10-13,15-16,24,30H,5-6,9,14H2,1-2H3,(H,31,33). The van der Waals surface area contributed by atoms with Crippen LogP contribution < -0.4 is 15.5 Å². The topological polar surface area (TPSA) is 61.4 Å². The van der Waals surface area contributed by atoms with Crippen LogP contribution in [-0.2, 0) is 0 Å². The summed E-state index contributed by atoms with van der Waals surface area (Å²) >= 11 is 12.8. The van der Waals surface area contributed by atoms with Gasteiger partial charge in [-0.3, -0.25) is 9.59 Å². The van der Waals surface area contributed by atoms with Gasteiger partial charge in [-0.2, -0.15) is 0 Å². The van der Waals surface area contributed by atoms with Gasteiger partial charge >= 0.3 is 0 Å². The molecule has 0 spiro atoms. The van der Waals surface area contributed by atoms with Crippen molar-refractivity contribution in [3.05, 3.63) is 93.0 Å². The fourth-order valence-corrected chi connectivity index (χ4v) is 4.84. The minimum Gasteiger partial charge on any atom is -0.322 e. The van der Waals surface area contributed by atoms with Crippen molar-refractivity contribution < 1.29 is 9.59 Å². The van der Waals surface area contributed by atoms with E-state index in [1.54, 1.807) is 35.2 Å². The number of hydrogen-bond acceptors (Lipinski definition) is 3. The molecule has 0 fully saturated rings. The number of benzene rings is 3. The van der Waals surface area contributed by atoms with Crippen LogP contribution in [0.2, 0.25) is 10.0 Å². The first-order valence-corrected chi connectivity index (χ1v) is 12.1. The second-order valence-electron chi connectivity index (χ2n) is 8.46. The molecule has 3 aromatic rings. The van der Waals surface area contributed by atoms with Crippen LogP contribution in [-0.4, -0.2) is 25.4 Å². The normalized spacial score (nSPS) is 15.8. The largest absolute Gasteiger partial charge is 0.322 e. The third-order valence-electron chi connectivity index (χ3n) is 6.22. The molecule has 2 amide bonds. The quantitative estimate of drug-likeness (QED) is 0.426. The van der Waals surface area contributed by atoms with E-state index in [2.05, 4.69) is 10.6 Å². The third-order valence-corrected chi connectivity index (χ3v) is 6.77. The lowest BCUT2D eigenvalue weighted by atomic mass is 9.95. The summed E-state index contributed by atoms with van der Waals surface area (Å²) in [4.78, 5) is 28.1. The Kier molecular flexibility index (Phi) is 7.57. The molecule has 0 saturated heterocycles. The molecule has 4 rings (SSSR count). The van der Waals surface area contributed by atoms with Gasteiger partial charge in [0.25, 0.3) is 11.8 Å². The molecule has 176 valence electrons. The molecule has 1 atom stereocenters. The van der Waals surface area contributed by atoms with Gasteiger partial charge in [0.15, 0.2) is 0 Å². The number of nitrogens with zero attached hydrogens (tertiary/aromatic N) is 1. The van der Waals surface area contributed by atoms with Crippen molar-refractivity contribution in [2.45, 2.75) is 32.2 Å². The van der Waals surface area contributed by atoms with Gasteiger partial charge in [0.1, 0.15) is 0 Å². The van der Waals surface area contributed by atoms with Gasteiger partial charge in [-0.05, 0) is 86.8 Å². The van der Waals surface area contributed by atoms with E-state index in [0.717, 1.165) is 36.1 Å². The highest BCUT2D eigenvalue weighted by Crippen LogP contribution is 2.35. The molecule has 1 aliphatic rings. The van der Waals surface area contributed by atoms with E-state index in [1.165, 1.54) is 0 Å². The van der Waals surface area contributed by atoms with Gasteiger partial charge in [0.05, 0.1) is 10.6 Å². The number of carbonyl (C=O) groups is 2. The third kappa shape index (κ3) is 5.12. The van der Waals surface area contributed by atoms with Crippen LogP contribution in [0, 0.1) is 6.92 Å². The Hall–Kier alpha value is -2.86. The van der Waals surface area contributed by atoms with Gasteiger partial charge in [-0.15, -0.1) is 0 Å². The summed E-state index contributed by atoms with van der Waals surface area (Å²) in [7, 11) is 1.92. The molecule has 7 heteroatoms. The van der Waals surface area contributed by atoms with E-state index < -0.39 is 0 Å². The number of rotatable bonds is 4. The molecule has 1 heterocycles. The molecule has 0 saturated carbocycles. The lowest BCUT2D eigenvalue weighted by Gasteiger charge is -2.31. The summed E-state index contributed by atoms with van der Waals surface area (Å²) in [5, 5.41) is 7.14. The van der Waals surface area contributed by atoms with Crippen molar-refractivity contribution in [3.8, 4) is 0 Å². The Labute approximate surface area is 210 Å². The van der Waals surface area contributed by atoms with Crippen molar-refractivity contribution >= 4 is 46.4 Å². The highest BCUT2D eigenvalue weighted by atomic mass is 35.5. The fourth-order valence-electron chi connectivity index (χ4n) is 4.39. The zero-order chi connectivity index (χ0) is 24.2. The predicted octanol–water partition coefficient (Wildman–Crippen LogP) is 6.65. The Bertz CT molecular complexity index is 1230. The summed E-state index contributed by atoms with van der Waals surface area (Å²) in [6, 6.07) is 18.1. The molecule has 0 aromatic heterocycles. The van der Waals surface area contributed by atoms with Crippen LogP contribution in [0.3, 0.4) is 0 Å². The molecule has 2 N–H and O–H groups in total. The van der Waals surface area contributed by atoms with E-state index >= 15 is 0 Å². The monoisotopic (exact) mass is 495 g/mol. The number of carbonyl (C=O) groups excluding carboxylic acids is 2. The van der Waals surface area contributed by atoms with Crippen LogP contribution in [0.4, 0.5) is 11.4 Å². The molecule has 3 aromatic carbocycles. The van der Waals surface area contributed by atoms with Crippen molar-refractivity contribution in [3.63, 3.8) is 0 Å². The number of hydrogen-bond donors (Lipinski definition) is 2. The lowest BCUT2D eigenvalue weighted by molar-refractivity contribution is 0.0984. The number of nitrogens with one attached hydrogen (secondary N) is 2. The summed E-state index contributed by atoms with van der Waals surface area (Å²) in [6.45, 7) is 2.47. The summed E-state index contributed by atoms with van der Waals surface area (Å²) < 4.78 is 0. The van der Waals surface area contributed by atoms with E-state index in [4.69, 9.17) is 23.2 Å². The molecule has 1 unspecified atom stereocenters. The number of amides is 2. The first kappa shape index (κ1) is 24.3. The van der Waals surface area contributed by atoms with E-state index in [9.17, 15) is 9.59 Å². The number of aryl methyl sites for hydroxylation is 1. The van der Waals surface area contributed by atoms with Crippen LogP contribution in [0.5, 0.6) is 0 Å². The van der Waals surface area contributed by atoms with Crippen LogP contribution in [0.15, 0.2) is 60.7 Å². The van der Waals surface area contributed by atoms with E-state index in [0.29, 0.717) is 28.4 Å². The number of anilines is 2. The maximum Gasteiger partial charge on any atom is 0.259 e. The minimum absolute atomic E-state index is 0.110. The lowest BCUT2D eigenvalue weighted by Crippen LogP contribution is -2.35. The van der Waals surface area contributed by atoms with Crippen molar-refractivity contribution in [2.24, 2.45) is 0 Å². The predicted molar refractivity (Wildman–Crippen MR) is 139 cm³/mol. The van der Waals surface area contributed by atoms with Gasteiger partial charge < -0.3 is 15.5 Å². The van der Waals surface area contributed by atoms with Crippen LogP contribution in [0.1, 0.15) is 57.1 Å². The first-order valence-electron chi connectivity index (χ1n) is 11.3. The average molecular weight is 496 g/mol. The smallest absolute Gasteiger partial charge is 0.259 e. The van der Waals surface area contributed by atoms with Crippen LogP contribution in [0.25, 0.3) is 0 Å². The van der Waals surface area contributed by atoms with Crippen LogP contribution >= 0.6 is 23.2 Å². The maximum absolute atomic E-state index is 13.6. The fraction of sp³-hybridized carbons (Fsp3) is 0.259. The van der Waals surface area contributed by atoms with Crippen molar-refractivity contribution in [2.75, 3.05) is 23.8 Å².